The van der Waals surface area contributed by atoms with Gasteiger partial charge in [-0.3, -0.25) is 0 Å². The molecule has 0 N–H and O–H groups in total. The lowest BCUT2D eigenvalue weighted by Gasteiger charge is -2.35. The molecule has 0 radical (unpaired) electrons. The SMILES string of the molecule is CC[N+](CC)(CC)Cc1ccccc1.F[B-](F)(F)F. The van der Waals surface area contributed by atoms with Crippen molar-refractivity contribution in [3.63, 3.8) is 0 Å². The van der Waals surface area contributed by atoms with Crippen LogP contribution in [0.4, 0.5) is 17.3 Å². The Morgan fingerprint density at radius 2 is 1.21 bits per heavy atom. The lowest BCUT2D eigenvalue weighted by Crippen LogP contribution is -2.46. The van der Waals surface area contributed by atoms with Crippen molar-refractivity contribution < 1.29 is 21.7 Å². The highest BCUT2D eigenvalue weighted by Gasteiger charge is 2.21. The van der Waals surface area contributed by atoms with Crippen molar-refractivity contribution in [1.29, 1.82) is 0 Å². The number of hydrogen-bond donors (Lipinski definition) is 0. The van der Waals surface area contributed by atoms with Gasteiger partial charge in [0.05, 0.1) is 19.6 Å². The maximum Gasteiger partial charge on any atom is 0.673 e. The van der Waals surface area contributed by atoms with Gasteiger partial charge in [-0.1, -0.05) is 30.3 Å². The van der Waals surface area contributed by atoms with Gasteiger partial charge in [0.25, 0.3) is 0 Å². The predicted octanol–water partition coefficient (Wildman–Crippen LogP) is 4.36. The van der Waals surface area contributed by atoms with E-state index in [2.05, 4.69) is 51.1 Å². The first-order valence-electron chi connectivity index (χ1n) is 6.52. The van der Waals surface area contributed by atoms with E-state index < -0.39 is 7.25 Å². The van der Waals surface area contributed by atoms with Crippen LogP contribution in [0.1, 0.15) is 26.3 Å². The van der Waals surface area contributed by atoms with Gasteiger partial charge in [0, 0.05) is 5.56 Å². The Morgan fingerprint density at radius 1 is 0.842 bits per heavy atom. The van der Waals surface area contributed by atoms with Gasteiger partial charge in [-0.15, -0.1) is 0 Å². The fourth-order valence-electron chi connectivity index (χ4n) is 1.98. The van der Waals surface area contributed by atoms with E-state index in [1.165, 1.54) is 36.2 Å². The highest BCUT2D eigenvalue weighted by Crippen LogP contribution is 2.13. The highest BCUT2D eigenvalue weighted by atomic mass is 19.5. The zero-order chi connectivity index (χ0) is 14.9. The average Bonchev–Trinajstić information content (AvgIpc) is 2.35. The molecule has 1 rings (SSSR count). The molecule has 0 aliphatic rings. The maximum absolute atomic E-state index is 9.75. The summed E-state index contributed by atoms with van der Waals surface area (Å²) < 4.78 is 40.2. The van der Waals surface area contributed by atoms with Crippen LogP contribution in [0.5, 0.6) is 0 Å². The van der Waals surface area contributed by atoms with E-state index in [4.69, 9.17) is 0 Å². The zero-order valence-electron chi connectivity index (χ0n) is 11.8. The molecule has 0 amide bonds. The summed E-state index contributed by atoms with van der Waals surface area (Å²) in [7, 11) is -6.00. The molecule has 6 heteroatoms. The molecule has 0 aliphatic heterocycles. The molecule has 0 atom stereocenters. The van der Waals surface area contributed by atoms with Crippen molar-refractivity contribution in [2.45, 2.75) is 27.3 Å². The molecule has 0 spiro atoms. The van der Waals surface area contributed by atoms with Crippen molar-refractivity contribution in [2.24, 2.45) is 0 Å². The Kier molecular flexibility index (Phi) is 7.75. The van der Waals surface area contributed by atoms with Gasteiger partial charge in [-0.2, -0.15) is 0 Å². The van der Waals surface area contributed by atoms with E-state index in [9.17, 15) is 17.3 Å². The summed E-state index contributed by atoms with van der Waals surface area (Å²) >= 11 is 0. The van der Waals surface area contributed by atoms with Crippen molar-refractivity contribution >= 4 is 7.25 Å². The van der Waals surface area contributed by atoms with Crippen molar-refractivity contribution in [3.05, 3.63) is 35.9 Å². The van der Waals surface area contributed by atoms with Crippen molar-refractivity contribution in [1.82, 2.24) is 0 Å². The summed E-state index contributed by atoms with van der Waals surface area (Å²) in [6.07, 6.45) is 0. The molecule has 0 aliphatic carbocycles. The van der Waals surface area contributed by atoms with E-state index in [0.717, 1.165) is 0 Å². The molecular formula is C13H22BF4N. The van der Waals surface area contributed by atoms with Gasteiger partial charge in [0.2, 0.25) is 0 Å². The molecule has 1 nitrogen and oxygen atoms in total. The Labute approximate surface area is 112 Å². The minimum absolute atomic E-state index is 1.17. The van der Waals surface area contributed by atoms with Gasteiger partial charge in [0.1, 0.15) is 6.54 Å². The van der Waals surface area contributed by atoms with E-state index in [0.29, 0.717) is 0 Å². The molecule has 0 unspecified atom stereocenters. The van der Waals surface area contributed by atoms with Crippen LogP contribution in [-0.4, -0.2) is 31.4 Å². The summed E-state index contributed by atoms with van der Waals surface area (Å²) in [5, 5.41) is 0. The molecule has 0 bridgehead atoms. The Balaban J connectivity index is 0.000000555. The van der Waals surface area contributed by atoms with Crippen LogP contribution in [0.25, 0.3) is 0 Å². The molecule has 19 heavy (non-hydrogen) atoms. The smallest absolute Gasteiger partial charge is 0.418 e. The van der Waals surface area contributed by atoms with Gasteiger partial charge >= 0.3 is 7.25 Å². The molecule has 1 aromatic carbocycles. The Bertz CT molecular complexity index is 322. The zero-order valence-corrected chi connectivity index (χ0v) is 11.8. The fraction of sp³-hybridized carbons (Fsp3) is 0.538. The summed E-state index contributed by atoms with van der Waals surface area (Å²) in [5.41, 5.74) is 1.46. The molecule has 0 heterocycles. The topological polar surface area (TPSA) is 0 Å². The summed E-state index contributed by atoms with van der Waals surface area (Å²) in [5.74, 6) is 0. The van der Waals surface area contributed by atoms with Crippen LogP contribution in [0.2, 0.25) is 0 Å². The second-order valence-corrected chi connectivity index (χ2v) is 4.43. The molecule has 0 saturated heterocycles. The molecule has 0 saturated carbocycles. The lowest BCUT2D eigenvalue weighted by molar-refractivity contribution is -0.936. The van der Waals surface area contributed by atoms with Crippen LogP contribution < -0.4 is 0 Å². The average molecular weight is 279 g/mol. The second-order valence-electron chi connectivity index (χ2n) is 4.43. The predicted molar refractivity (Wildman–Crippen MR) is 72.2 cm³/mol. The maximum atomic E-state index is 9.75. The largest absolute Gasteiger partial charge is 0.673 e. The van der Waals surface area contributed by atoms with Crippen LogP contribution >= 0.6 is 0 Å². The van der Waals surface area contributed by atoms with E-state index in [1.807, 2.05) is 0 Å². The third-order valence-electron chi connectivity index (χ3n) is 3.37. The lowest BCUT2D eigenvalue weighted by atomic mass is 10.2. The number of quaternary nitrogens is 1. The fourth-order valence-corrected chi connectivity index (χ4v) is 1.98. The van der Waals surface area contributed by atoms with Crippen molar-refractivity contribution in [3.8, 4) is 0 Å². The summed E-state index contributed by atoms with van der Waals surface area (Å²) in [6, 6.07) is 10.8. The summed E-state index contributed by atoms with van der Waals surface area (Å²) in [6.45, 7) is 11.7. The standard InChI is InChI=1S/C13H22N.BF4/c1-4-14(5-2,6-3)12-13-10-8-7-9-11-13;2-1(3,4)5/h7-11H,4-6,12H2,1-3H3;/q+1;-1. The van der Waals surface area contributed by atoms with Crippen LogP contribution in [0.15, 0.2) is 30.3 Å². The van der Waals surface area contributed by atoms with Gasteiger partial charge in [-0.05, 0) is 20.8 Å². The van der Waals surface area contributed by atoms with E-state index in [-0.39, 0.29) is 0 Å². The van der Waals surface area contributed by atoms with Crippen LogP contribution in [-0.2, 0) is 6.54 Å². The normalized spacial score (nSPS) is 11.7. The van der Waals surface area contributed by atoms with Gasteiger partial charge in [-0.25, -0.2) is 0 Å². The first-order valence-corrected chi connectivity index (χ1v) is 6.52. The van der Waals surface area contributed by atoms with Gasteiger partial charge in [0.15, 0.2) is 0 Å². The number of nitrogens with zero attached hydrogens (tertiary/aromatic N) is 1. The third kappa shape index (κ3) is 8.64. The van der Waals surface area contributed by atoms with Crippen LogP contribution in [0.3, 0.4) is 0 Å². The van der Waals surface area contributed by atoms with Crippen LogP contribution in [0, 0.1) is 0 Å². The van der Waals surface area contributed by atoms with E-state index in [1.54, 1.807) is 0 Å². The number of rotatable bonds is 5. The minimum Gasteiger partial charge on any atom is -0.418 e. The quantitative estimate of drug-likeness (QED) is 0.426. The van der Waals surface area contributed by atoms with E-state index >= 15 is 0 Å². The molecular weight excluding hydrogens is 257 g/mol. The number of halogens is 4. The number of benzene rings is 1. The third-order valence-corrected chi connectivity index (χ3v) is 3.37. The molecule has 0 aromatic heterocycles. The Hall–Kier alpha value is -1.04. The minimum atomic E-state index is -6.00. The summed E-state index contributed by atoms with van der Waals surface area (Å²) in [4.78, 5) is 0. The first-order chi connectivity index (χ1) is 8.76. The molecule has 110 valence electrons. The second kappa shape index (κ2) is 8.20. The monoisotopic (exact) mass is 279 g/mol. The molecule has 1 aromatic rings. The van der Waals surface area contributed by atoms with Gasteiger partial charge < -0.3 is 21.7 Å². The van der Waals surface area contributed by atoms with Crippen molar-refractivity contribution in [2.75, 3.05) is 19.6 Å². The highest BCUT2D eigenvalue weighted by molar-refractivity contribution is 6.50. The molecule has 0 fully saturated rings. The number of hydrogen-bond acceptors (Lipinski definition) is 0. The first kappa shape index (κ1) is 18.0. The Morgan fingerprint density at radius 3 is 1.53 bits per heavy atom.